The van der Waals surface area contributed by atoms with Gasteiger partial charge in [0.15, 0.2) is 0 Å². The molecule has 0 saturated carbocycles. The van der Waals surface area contributed by atoms with Crippen LogP contribution in [0.3, 0.4) is 0 Å². The van der Waals surface area contributed by atoms with Crippen LogP contribution in [0.2, 0.25) is 0 Å². The number of aliphatic carboxylic acids is 1. The van der Waals surface area contributed by atoms with Gasteiger partial charge in [0.05, 0.1) is 5.92 Å². The summed E-state index contributed by atoms with van der Waals surface area (Å²) in [5.41, 5.74) is 4.51. The molecule has 1 aliphatic carbocycles. The maximum Gasteiger partial charge on any atom is 0.407 e. The summed E-state index contributed by atoms with van der Waals surface area (Å²) in [6.07, 6.45) is 3.13. The van der Waals surface area contributed by atoms with Crippen molar-refractivity contribution >= 4 is 18.0 Å². The van der Waals surface area contributed by atoms with Gasteiger partial charge in [0.2, 0.25) is 5.91 Å². The molecule has 1 aliphatic heterocycles. The topological polar surface area (TPSA) is 95.9 Å². The number of likely N-dealkylation sites (tertiary alicyclic amines) is 1. The van der Waals surface area contributed by atoms with Crippen molar-refractivity contribution in [3.05, 3.63) is 72.3 Å². The maximum atomic E-state index is 13.1. The zero-order chi connectivity index (χ0) is 24.1. The van der Waals surface area contributed by atoms with Crippen molar-refractivity contribution in [1.29, 1.82) is 0 Å². The van der Waals surface area contributed by atoms with Crippen molar-refractivity contribution in [1.82, 2.24) is 10.2 Å². The Kier molecular flexibility index (Phi) is 7.30. The average molecular weight is 463 g/mol. The van der Waals surface area contributed by atoms with E-state index in [1.165, 1.54) is 0 Å². The highest BCUT2D eigenvalue weighted by Crippen LogP contribution is 2.44. The lowest BCUT2D eigenvalue weighted by atomic mass is 9.97. The Hall–Kier alpha value is -3.61. The van der Waals surface area contributed by atoms with Crippen LogP contribution < -0.4 is 5.32 Å². The van der Waals surface area contributed by atoms with Gasteiger partial charge in [-0.25, -0.2) is 4.79 Å². The number of carbonyl (C=O) groups excluding carboxylic acids is 2. The van der Waals surface area contributed by atoms with E-state index in [1.54, 1.807) is 11.0 Å². The molecule has 2 atom stereocenters. The summed E-state index contributed by atoms with van der Waals surface area (Å²) in [5, 5.41) is 12.1. The lowest BCUT2D eigenvalue weighted by molar-refractivity contribution is -0.146. The molecule has 0 radical (unpaired) electrons. The molecule has 0 aromatic heterocycles. The molecule has 2 aromatic rings. The van der Waals surface area contributed by atoms with Crippen LogP contribution in [-0.4, -0.2) is 53.7 Å². The van der Waals surface area contributed by atoms with Crippen molar-refractivity contribution in [2.45, 2.75) is 37.6 Å². The van der Waals surface area contributed by atoms with Crippen LogP contribution in [0.25, 0.3) is 11.1 Å². The number of nitrogens with one attached hydrogen (secondary N) is 1. The molecule has 34 heavy (non-hydrogen) atoms. The van der Waals surface area contributed by atoms with E-state index in [2.05, 4.69) is 24.0 Å². The van der Waals surface area contributed by atoms with E-state index in [9.17, 15) is 19.5 Å². The second kappa shape index (κ2) is 10.5. The molecule has 1 saturated heterocycles. The van der Waals surface area contributed by atoms with Crippen LogP contribution in [0, 0.1) is 5.92 Å². The van der Waals surface area contributed by atoms with Crippen molar-refractivity contribution in [2.24, 2.45) is 5.92 Å². The van der Waals surface area contributed by atoms with Gasteiger partial charge in [-0.3, -0.25) is 9.59 Å². The van der Waals surface area contributed by atoms with Crippen LogP contribution in [0.4, 0.5) is 4.79 Å². The molecule has 7 heteroatoms. The summed E-state index contributed by atoms with van der Waals surface area (Å²) in [5.74, 6) is -1.82. The quantitative estimate of drug-likeness (QED) is 0.574. The first kappa shape index (κ1) is 23.5. The first-order valence-electron chi connectivity index (χ1n) is 11.7. The summed E-state index contributed by atoms with van der Waals surface area (Å²) in [6.45, 7) is 4.51. The zero-order valence-corrected chi connectivity index (χ0v) is 19.1. The normalized spacial score (nSPS) is 17.9. The first-order chi connectivity index (χ1) is 16.5. The van der Waals surface area contributed by atoms with Crippen LogP contribution in [-0.2, 0) is 14.3 Å². The molecular formula is C27H30N2O5. The summed E-state index contributed by atoms with van der Waals surface area (Å²) in [6, 6.07) is 15.4. The number of carboxylic acid groups (broad SMARTS) is 1. The molecule has 2 N–H and O–H groups in total. The third-order valence-corrected chi connectivity index (χ3v) is 6.68. The van der Waals surface area contributed by atoms with Crippen molar-refractivity contribution < 1.29 is 24.2 Å². The molecule has 2 aromatic carbocycles. The van der Waals surface area contributed by atoms with E-state index in [0.717, 1.165) is 22.3 Å². The second-order valence-corrected chi connectivity index (χ2v) is 8.85. The Morgan fingerprint density at radius 3 is 2.38 bits per heavy atom. The third-order valence-electron chi connectivity index (χ3n) is 6.68. The Morgan fingerprint density at radius 1 is 1.12 bits per heavy atom. The number of fused-ring (bicyclic) bond motifs is 3. The van der Waals surface area contributed by atoms with Crippen molar-refractivity contribution in [3.8, 4) is 11.1 Å². The van der Waals surface area contributed by atoms with Gasteiger partial charge >= 0.3 is 12.1 Å². The molecule has 178 valence electrons. The van der Waals surface area contributed by atoms with E-state index in [4.69, 9.17) is 4.74 Å². The van der Waals surface area contributed by atoms with Gasteiger partial charge in [-0.05, 0) is 47.9 Å². The summed E-state index contributed by atoms with van der Waals surface area (Å²) >= 11 is 0. The predicted octanol–water partition coefficient (Wildman–Crippen LogP) is 4.18. The lowest BCUT2D eigenvalue weighted by Gasteiger charge is -2.33. The minimum absolute atomic E-state index is 0.0705. The van der Waals surface area contributed by atoms with Crippen molar-refractivity contribution in [2.75, 3.05) is 19.7 Å². The molecule has 0 bridgehead atoms. The van der Waals surface area contributed by atoms with E-state index in [0.29, 0.717) is 32.2 Å². The van der Waals surface area contributed by atoms with Gasteiger partial charge in [0.25, 0.3) is 0 Å². The Morgan fingerprint density at radius 2 is 1.76 bits per heavy atom. The van der Waals surface area contributed by atoms with Gasteiger partial charge in [0.1, 0.15) is 12.6 Å². The minimum atomic E-state index is -0.898. The predicted molar refractivity (Wildman–Crippen MR) is 128 cm³/mol. The molecule has 4 rings (SSSR count). The van der Waals surface area contributed by atoms with Gasteiger partial charge < -0.3 is 20.1 Å². The molecule has 2 aliphatic rings. The molecule has 2 amide bonds. The van der Waals surface area contributed by atoms with Gasteiger partial charge in [-0.1, -0.05) is 54.6 Å². The highest BCUT2D eigenvalue weighted by atomic mass is 16.5. The fraction of sp³-hybridized carbons (Fsp3) is 0.370. The molecule has 0 spiro atoms. The third kappa shape index (κ3) is 4.98. The average Bonchev–Trinajstić information content (AvgIpc) is 3.18. The lowest BCUT2D eigenvalue weighted by Crippen LogP contribution is -2.52. The summed E-state index contributed by atoms with van der Waals surface area (Å²) in [7, 11) is 0. The van der Waals surface area contributed by atoms with Gasteiger partial charge in [-0.15, -0.1) is 6.58 Å². The number of rotatable bonds is 8. The molecular weight excluding hydrogens is 432 g/mol. The molecule has 1 fully saturated rings. The first-order valence-corrected chi connectivity index (χ1v) is 11.7. The number of amides is 2. The number of allylic oxidation sites excluding steroid dienone is 1. The summed E-state index contributed by atoms with van der Waals surface area (Å²) in [4.78, 5) is 38.8. The van der Waals surface area contributed by atoms with E-state index in [1.807, 2.05) is 36.4 Å². The van der Waals surface area contributed by atoms with Gasteiger partial charge in [0, 0.05) is 19.0 Å². The number of ether oxygens (including phenoxy) is 1. The number of carboxylic acids is 1. The molecule has 1 unspecified atom stereocenters. The Bertz CT molecular complexity index is 1040. The second-order valence-electron chi connectivity index (χ2n) is 8.85. The monoisotopic (exact) mass is 462 g/mol. The van der Waals surface area contributed by atoms with Crippen LogP contribution in [0.15, 0.2) is 61.2 Å². The molecule has 1 heterocycles. The number of hydrogen-bond donors (Lipinski definition) is 2. The SMILES string of the molecule is C=CCCC(NC(=O)OCC1c2ccccc2-c2ccccc21)C(=O)N1CCC[C@@H](C(=O)O)C1. The van der Waals surface area contributed by atoms with Crippen LogP contribution in [0.1, 0.15) is 42.7 Å². The van der Waals surface area contributed by atoms with Crippen molar-refractivity contribution in [3.63, 3.8) is 0 Å². The maximum absolute atomic E-state index is 13.1. The van der Waals surface area contributed by atoms with E-state index in [-0.39, 0.29) is 25.0 Å². The number of nitrogens with zero attached hydrogens (tertiary/aromatic N) is 1. The summed E-state index contributed by atoms with van der Waals surface area (Å²) < 4.78 is 5.61. The van der Waals surface area contributed by atoms with Crippen LogP contribution >= 0.6 is 0 Å². The Balaban J connectivity index is 1.41. The smallest absolute Gasteiger partial charge is 0.407 e. The Labute approximate surface area is 199 Å². The fourth-order valence-electron chi connectivity index (χ4n) is 4.92. The fourth-order valence-corrected chi connectivity index (χ4v) is 4.92. The van der Waals surface area contributed by atoms with Crippen LogP contribution in [0.5, 0.6) is 0 Å². The standard InChI is InChI=1S/C27H30N2O5/c1-2-3-14-24(25(30)29-15-8-9-18(16-29)26(31)32)28-27(33)34-17-23-21-12-6-4-10-19(21)20-11-5-7-13-22(20)23/h2,4-7,10-13,18,23-24H,1,3,8-9,14-17H2,(H,28,33)(H,31,32)/t18-,24?/m1/s1. The van der Waals surface area contributed by atoms with E-state index >= 15 is 0 Å². The molecule has 7 nitrogen and oxygen atoms in total. The number of alkyl carbamates (subject to hydrolysis) is 1. The highest BCUT2D eigenvalue weighted by Gasteiger charge is 2.33. The minimum Gasteiger partial charge on any atom is -0.481 e. The highest BCUT2D eigenvalue weighted by molar-refractivity contribution is 5.86. The zero-order valence-electron chi connectivity index (χ0n) is 19.1. The van der Waals surface area contributed by atoms with E-state index < -0.39 is 24.0 Å². The number of hydrogen-bond acceptors (Lipinski definition) is 4. The largest absolute Gasteiger partial charge is 0.481 e. The number of piperidine rings is 1. The number of benzene rings is 2. The van der Waals surface area contributed by atoms with Gasteiger partial charge in [-0.2, -0.15) is 0 Å². The number of carbonyl (C=O) groups is 3.